The third kappa shape index (κ3) is 6.17. The Hall–Kier alpha value is -3.18. The number of hydrogen-bond acceptors (Lipinski definition) is 2. The van der Waals surface area contributed by atoms with Gasteiger partial charge in [-0.15, -0.1) is 0 Å². The number of nitrogens with zero attached hydrogens (tertiary/aromatic N) is 1. The molecule has 0 saturated heterocycles. The molecule has 1 N–H and O–H groups in total. The Kier molecular flexibility index (Phi) is 8.40. The number of nitrogens with one attached hydrogen (secondary N) is 1. The molecule has 4 nitrogen and oxygen atoms in total. The van der Waals surface area contributed by atoms with Gasteiger partial charge in [-0.25, -0.2) is 4.39 Å². The lowest BCUT2D eigenvalue weighted by atomic mass is 10.0. The fourth-order valence-corrected chi connectivity index (χ4v) is 3.76. The summed E-state index contributed by atoms with van der Waals surface area (Å²) in [5, 5.41) is 3.34. The summed E-state index contributed by atoms with van der Waals surface area (Å²) in [6, 6.07) is 22.1. The van der Waals surface area contributed by atoms with Gasteiger partial charge in [0.25, 0.3) is 0 Å². The van der Waals surface area contributed by atoms with Crippen molar-refractivity contribution in [3.63, 3.8) is 0 Å². The van der Waals surface area contributed by atoms with Gasteiger partial charge in [0, 0.05) is 24.5 Å². The molecule has 0 unspecified atom stereocenters. The van der Waals surface area contributed by atoms with E-state index in [2.05, 4.69) is 5.32 Å². The SMILES string of the molecule is CCNC(=O)[C@H](Cc1ccccc1)N(Cc1ccccc1Cl)C(=O)Cc1ccccc1F. The number of benzene rings is 3. The van der Waals surface area contributed by atoms with Crippen LogP contribution in [0.15, 0.2) is 78.9 Å². The van der Waals surface area contributed by atoms with Crippen LogP contribution in [0.25, 0.3) is 0 Å². The second kappa shape index (κ2) is 11.4. The van der Waals surface area contributed by atoms with Crippen LogP contribution in [-0.2, 0) is 29.0 Å². The number of carbonyl (C=O) groups is 2. The Morgan fingerprint density at radius 1 is 0.938 bits per heavy atom. The summed E-state index contributed by atoms with van der Waals surface area (Å²) in [5.41, 5.74) is 1.93. The first-order valence-corrected chi connectivity index (χ1v) is 10.9. The third-order valence-corrected chi connectivity index (χ3v) is 5.59. The van der Waals surface area contributed by atoms with Gasteiger partial charge >= 0.3 is 0 Å². The van der Waals surface area contributed by atoms with Crippen molar-refractivity contribution in [2.45, 2.75) is 32.4 Å². The lowest BCUT2D eigenvalue weighted by molar-refractivity contribution is -0.140. The van der Waals surface area contributed by atoms with Crippen molar-refractivity contribution in [1.29, 1.82) is 0 Å². The highest BCUT2D eigenvalue weighted by Gasteiger charge is 2.30. The van der Waals surface area contributed by atoms with Crippen LogP contribution in [0.4, 0.5) is 4.39 Å². The summed E-state index contributed by atoms with van der Waals surface area (Å²) >= 11 is 6.37. The van der Waals surface area contributed by atoms with Crippen LogP contribution in [0, 0.1) is 5.82 Å². The van der Waals surface area contributed by atoms with Crippen LogP contribution in [0.5, 0.6) is 0 Å². The first-order chi connectivity index (χ1) is 15.5. The highest BCUT2D eigenvalue weighted by molar-refractivity contribution is 6.31. The molecule has 0 radical (unpaired) electrons. The van der Waals surface area contributed by atoms with Gasteiger partial charge in [0.1, 0.15) is 11.9 Å². The Labute approximate surface area is 193 Å². The zero-order valence-corrected chi connectivity index (χ0v) is 18.7. The molecular weight excluding hydrogens is 427 g/mol. The van der Waals surface area contributed by atoms with Gasteiger partial charge in [-0.2, -0.15) is 0 Å². The number of amides is 2. The van der Waals surface area contributed by atoms with Gasteiger partial charge in [0.05, 0.1) is 6.42 Å². The zero-order valence-electron chi connectivity index (χ0n) is 17.9. The van der Waals surface area contributed by atoms with E-state index in [1.807, 2.05) is 55.5 Å². The lowest BCUT2D eigenvalue weighted by Gasteiger charge is -2.32. The molecule has 0 aliphatic carbocycles. The first-order valence-electron chi connectivity index (χ1n) is 10.6. The minimum Gasteiger partial charge on any atom is -0.355 e. The maximum atomic E-state index is 14.3. The molecule has 0 heterocycles. The first kappa shape index (κ1) is 23.5. The van der Waals surface area contributed by atoms with E-state index in [0.29, 0.717) is 18.0 Å². The molecule has 0 aliphatic rings. The summed E-state index contributed by atoms with van der Waals surface area (Å²) in [4.78, 5) is 28.0. The van der Waals surface area contributed by atoms with Crippen LogP contribution in [0.3, 0.4) is 0 Å². The van der Waals surface area contributed by atoms with Crippen LogP contribution in [0.1, 0.15) is 23.6 Å². The summed E-state index contributed by atoms with van der Waals surface area (Å²) in [6.45, 7) is 2.41. The minimum atomic E-state index is -0.770. The second-order valence-electron chi connectivity index (χ2n) is 7.48. The standard InChI is InChI=1S/C26H26ClFN2O2/c1-2-29-26(32)24(16-19-10-4-3-5-11-19)30(18-21-13-6-8-14-22(21)27)25(31)17-20-12-7-9-15-23(20)28/h3-15,24H,2,16-18H2,1H3,(H,29,32)/t24-/m0/s1. The average Bonchev–Trinajstić information content (AvgIpc) is 2.79. The molecular formula is C26H26ClFN2O2. The van der Waals surface area contributed by atoms with Crippen LogP contribution in [0.2, 0.25) is 5.02 Å². The highest BCUT2D eigenvalue weighted by atomic mass is 35.5. The summed E-state index contributed by atoms with van der Waals surface area (Å²) in [7, 11) is 0. The summed E-state index contributed by atoms with van der Waals surface area (Å²) in [5.74, 6) is -1.05. The molecule has 3 aromatic carbocycles. The van der Waals surface area contributed by atoms with E-state index in [9.17, 15) is 14.0 Å². The van der Waals surface area contributed by atoms with Gasteiger partial charge in [-0.05, 0) is 35.7 Å². The summed E-state index contributed by atoms with van der Waals surface area (Å²) in [6.07, 6.45) is 0.182. The Balaban J connectivity index is 1.98. The van der Waals surface area contributed by atoms with E-state index >= 15 is 0 Å². The number of carbonyl (C=O) groups excluding carboxylic acids is 2. The van der Waals surface area contributed by atoms with Crippen molar-refractivity contribution >= 4 is 23.4 Å². The van der Waals surface area contributed by atoms with Crippen molar-refractivity contribution in [2.24, 2.45) is 0 Å². The average molecular weight is 453 g/mol. The predicted molar refractivity (Wildman–Crippen MR) is 125 cm³/mol. The number of likely N-dealkylation sites (N-methyl/N-ethyl adjacent to an activating group) is 1. The number of hydrogen-bond donors (Lipinski definition) is 1. The smallest absolute Gasteiger partial charge is 0.243 e. The highest BCUT2D eigenvalue weighted by Crippen LogP contribution is 2.21. The molecule has 1 atom stereocenters. The Bertz CT molecular complexity index is 1060. The Morgan fingerprint density at radius 2 is 1.56 bits per heavy atom. The maximum absolute atomic E-state index is 14.3. The van der Waals surface area contributed by atoms with Gasteiger partial charge in [-0.3, -0.25) is 9.59 Å². The van der Waals surface area contributed by atoms with Crippen molar-refractivity contribution in [1.82, 2.24) is 10.2 Å². The van der Waals surface area contributed by atoms with E-state index in [1.54, 1.807) is 24.3 Å². The van der Waals surface area contributed by atoms with E-state index in [0.717, 1.165) is 11.1 Å². The van der Waals surface area contributed by atoms with E-state index in [-0.39, 0.29) is 30.3 Å². The quantitative estimate of drug-likeness (QED) is 0.507. The molecule has 0 saturated carbocycles. The van der Waals surface area contributed by atoms with Gasteiger partial charge in [-0.1, -0.05) is 78.3 Å². The molecule has 0 spiro atoms. The lowest BCUT2D eigenvalue weighted by Crippen LogP contribution is -2.51. The molecule has 0 aliphatic heterocycles. The zero-order chi connectivity index (χ0) is 22.9. The second-order valence-corrected chi connectivity index (χ2v) is 7.89. The van der Waals surface area contributed by atoms with Crippen LogP contribution >= 0.6 is 11.6 Å². The van der Waals surface area contributed by atoms with Gasteiger partial charge < -0.3 is 10.2 Å². The minimum absolute atomic E-state index is 0.140. The largest absolute Gasteiger partial charge is 0.355 e. The Morgan fingerprint density at radius 3 is 2.22 bits per heavy atom. The van der Waals surface area contributed by atoms with Gasteiger partial charge in [0.15, 0.2) is 0 Å². The fourth-order valence-electron chi connectivity index (χ4n) is 3.56. The topological polar surface area (TPSA) is 49.4 Å². The van der Waals surface area contributed by atoms with E-state index in [1.165, 1.54) is 11.0 Å². The third-order valence-electron chi connectivity index (χ3n) is 5.22. The predicted octanol–water partition coefficient (Wildman–Crippen LogP) is 4.80. The van der Waals surface area contributed by atoms with Crippen molar-refractivity contribution in [3.05, 3.63) is 106 Å². The summed E-state index contributed by atoms with van der Waals surface area (Å²) < 4.78 is 14.3. The molecule has 3 aromatic rings. The number of halogens is 2. The van der Waals surface area contributed by atoms with Crippen LogP contribution < -0.4 is 5.32 Å². The molecule has 0 fully saturated rings. The van der Waals surface area contributed by atoms with Crippen molar-refractivity contribution in [2.75, 3.05) is 6.54 Å². The normalized spacial score (nSPS) is 11.6. The van der Waals surface area contributed by atoms with Crippen molar-refractivity contribution in [3.8, 4) is 0 Å². The molecule has 32 heavy (non-hydrogen) atoms. The van der Waals surface area contributed by atoms with E-state index < -0.39 is 11.9 Å². The van der Waals surface area contributed by atoms with Gasteiger partial charge in [0.2, 0.25) is 11.8 Å². The molecule has 0 aromatic heterocycles. The monoisotopic (exact) mass is 452 g/mol. The molecule has 0 bridgehead atoms. The molecule has 3 rings (SSSR count). The molecule has 6 heteroatoms. The number of rotatable bonds is 9. The maximum Gasteiger partial charge on any atom is 0.243 e. The van der Waals surface area contributed by atoms with E-state index in [4.69, 9.17) is 11.6 Å². The molecule has 166 valence electrons. The molecule has 2 amide bonds. The van der Waals surface area contributed by atoms with Crippen molar-refractivity contribution < 1.29 is 14.0 Å². The fraction of sp³-hybridized carbons (Fsp3) is 0.231. The van der Waals surface area contributed by atoms with Crippen LogP contribution in [-0.4, -0.2) is 29.3 Å².